The van der Waals surface area contributed by atoms with E-state index in [1.54, 1.807) is 6.07 Å². The van der Waals surface area contributed by atoms with Crippen molar-refractivity contribution < 1.29 is 0 Å². The summed E-state index contributed by atoms with van der Waals surface area (Å²) in [7, 11) is 0. The summed E-state index contributed by atoms with van der Waals surface area (Å²) in [6.07, 6.45) is 9.65. The van der Waals surface area contributed by atoms with Crippen LogP contribution in [-0.4, -0.2) is 15.5 Å². The van der Waals surface area contributed by atoms with E-state index in [1.807, 2.05) is 0 Å². The van der Waals surface area contributed by atoms with Crippen LogP contribution in [0.15, 0.2) is 12.4 Å². The molecular weight excluding hydrogens is 236 g/mol. The van der Waals surface area contributed by atoms with E-state index < -0.39 is 0 Å². The molecule has 4 aliphatic carbocycles. The predicted octanol–water partition coefficient (Wildman–Crippen LogP) is 2.73. The van der Waals surface area contributed by atoms with Crippen LogP contribution in [0.3, 0.4) is 0 Å². The fourth-order valence-corrected chi connectivity index (χ4v) is 5.02. The fourth-order valence-electron chi connectivity index (χ4n) is 5.02. The lowest BCUT2D eigenvalue weighted by Crippen LogP contribution is -2.54. The highest BCUT2D eigenvalue weighted by atomic mass is 15.1. The van der Waals surface area contributed by atoms with Gasteiger partial charge < -0.3 is 5.32 Å². The average molecular weight is 254 g/mol. The summed E-state index contributed by atoms with van der Waals surface area (Å²) >= 11 is 0. The number of nitrogens with zero attached hydrogens (tertiary/aromatic N) is 3. The van der Waals surface area contributed by atoms with Gasteiger partial charge in [-0.15, -0.1) is 0 Å². The molecule has 0 aliphatic heterocycles. The Bertz CT molecular complexity index is 510. The van der Waals surface area contributed by atoms with E-state index in [-0.39, 0.29) is 5.54 Å². The van der Waals surface area contributed by atoms with Crippen molar-refractivity contribution in [3.63, 3.8) is 0 Å². The molecule has 0 radical (unpaired) electrons. The molecule has 1 aromatic heterocycles. The SMILES string of the molecule is N#Cc1cc(NC23CC4CC(CC(C4)C2)C3)ncn1. The summed E-state index contributed by atoms with van der Waals surface area (Å²) in [6, 6.07) is 3.86. The van der Waals surface area contributed by atoms with E-state index in [2.05, 4.69) is 21.4 Å². The summed E-state index contributed by atoms with van der Waals surface area (Å²) in [5.74, 6) is 3.57. The van der Waals surface area contributed by atoms with Crippen LogP contribution in [0.2, 0.25) is 0 Å². The third-order valence-corrected chi connectivity index (χ3v) is 5.21. The van der Waals surface area contributed by atoms with E-state index in [1.165, 1.54) is 44.9 Å². The molecule has 1 N–H and O–H groups in total. The van der Waals surface area contributed by atoms with Crippen LogP contribution in [0, 0.1) is 29.1 Å². The summed E-state index contributed by atoms with van der Waals surface area (Å²) in [5.41, 5.74) is 0.692. The molecule has 1 heterocycles. The van der Waals surface area contributed by atoms with Gasteiger partial charge in [0.1, 0.15) is 23.9 Å². The second-order valence-corrected chi connectivity index (χ2v) is 6.72. The van der Waals surface area contributed by atoms with Crippen molar-refractivity contribution in [2.75, 3.05) is 5.32 Å². The van der Waals surface area contributed by atoms with E-state index in [9.17, 15) is 0 Å². The Hall–Kier alpha value is -1.63. The van der Waals surface area contributed by atoms with Gasteiger partial charge in [-0.2, -0.15) is 5.26 Å². The molecule has 4 fully saturated rings. The lowest BCUT2D eigenvalue weighted by Gasteiger charge is -2.57. The summed E-state index contributed by atoms with van der Waals surface area (Å²) in [4.78, 5) is 8.23. The van der Waals surface area contributed by atoms with Gasteiger partial charge in [-0.05, 0) is 56.3 Å². The Labute approximate surface area is 113 Å². The molecule has 5 rings (SSSR count). The lowest BCUT2D eigenvalue weighted by atomic mass is 9.53. The first kappa shape index (κ1) is 11.2. The molecular formula is C15H18N4. The molecule has 0 saturated heterocycles. The number of aromatic nitrogens is 2. The van der Waals surface area contributed by atoms with Crippen molar-refractivity contribution in [3.05, 3.63) is 18.1 Å². The molecule has 19 heavy (non-hydrogen) atoms. The van der Waals surface area contributed by atoms with Crippen LogP contribution in [0.5, 0.6) is 0 Å². The molecule has 0 aromatic carbocycles. The lowest BCUT2D eigenvalue weighted by molar-refractivity contribution is 0.0105. The minimum absolute atomic E-state index is 0.246. The van der Waals surface area contributed by atoms with Crippen LogP contribution in [0.4, 0.5) is 5.82 Å². The van der Waals surface area contributed by atoms with Gasteiger partial charge in [0.25, 0.3) is 0 Å². The number of nitrogens with one attached hydrogen (secondary N) is 1. The number of anilines is 1. The van der Waals surface area contributed by atoms with Gasteiger partial charge >= 0.3 is 0 Å². The molecule has 4 aliphatic rings. The van der Waals surface area contributed by atoms with Crippen molar-refractivity contribution in [2.24, 2.45) is 17.8 Å². The number of nitriles is 1. The molecule has 0 spiro atoms. The zero-order valence-electron chi connectivity index (χ0n) is 11.0. The first-order valence-corrected chi connectivity index (χ1v) is 7.25. The zero-order chi connectivity index (χ0) is 12.9. The van der Waals surface area contributed by atoms with Crippen molar-refractivity contribution >= 4 is 5.82 Å². The number of hydrogen-bond donors (Lipinski definition) is 1. The molecule has 4 bridgehead atoms. The Morgan fingerprint density at radius 1 is 1.11 bits per heavy atom. The highest BCUT2D eigenvalue weighted by Gasteiger charge is 2.51. The summed E-state index contributed by atoms with van der Waals surface area (Å²) < 4.78 is 0. The first-order chi connectivity index (χ1) is 9.25. The molecule has 98 valence electrons. The average Bonchev–Trinajstić information content (AvgIpc) is 2.36. The Balaban J connectivity index is 1.60. The van der Waals surface area contributed by atoms with E-state index in [4.69, 9.17) is 5.26 Å². The predicted molar refractivity (Wildman–Crippen MR) is 71.3 cm³/mol. The zero-order valence-corrected chi connectivity index (χ0v) is 11.0. The third kappa shape index (κ3) is 1.88. The molecule has 0 amide bonds. The highest BCUT2D eigenvalue weighted by Crippen LogP contribution is 2.56. The number of hydrogen-bond acceptors (Lipinski definition) is 4. The second-order valence-electron chi connectivity index (χ2n) is 6.72. The van der Waals surface area contributed by atoms with Crippen molar-refractivity contribution in [1.29, 1.82) is 5.26 Å². The summed E-state index contributed by atoms with van der Waals surface area (Å²) in [6.45, 7) is 0. The molecule has 1 aromatic rings. The van der Waals surface area contributed by atoms with Gasteiger partial charge in [0.05, 0.1) is 0 Å². The van der Waals surface area contributed by atoms with Gasteiger partial charge in [-0.1, -0.05) is 0 Å². The molecule has 4 saturated carbocycles. The van der Waals surface area contributed by atoms with E-state index in [0.717, 1.165) is 23.6 Å². The van der Waals surface area contributed by atoms with E-state index >= 15 is 0 Å². The Kier molecular flexibility index (Phi) is 2.32. The van der Waals surface area contributed by atoms with Crippen LogP contribution in [0.1, 0.15) is 44.2 Å². The Morgan fingerprint density at radius 2 is 1.74 bits per heavy atom. The van der Waals surface area contributed by atoms with Crippen molar-refractivity contribution in [2.45, 2.75) is 44.1 Å². The van der Waals surface area contributed by atoms with Gasteiger partial charge in [0.15, 0.2) is 0 Å². The van der Waals surface area contributed by atoms with Crippen LogP contribution >= 0.6 is 0 Å². The Morgan fingerprint density at radius 3 is 2.32 bits per heavy atom. The monoisotopic (exact) mass is 254 g/mol. The van der Waals surface area contributed by atoms with Gasteiger partial charge in [0, 0.05) is 11.6 Å². The van der Waals surface area contributed by atoms with Crippen molar-refractivity contribution in [1.82, 2.24) is 9.97 Å². The smallest absolute Gasteiger partial charge is 0.145 e. The highest BCUT2D eigenvalue weighted by molar-refractivity contribution is 5.42. The van der Waals surface area contributed by atoms with Gasteiger partial charge in [-0.3, -0.25) is 0 Å². The minimum atomic E-state index is 0.246. The minimum Gasteiger partial charge on any atom is -0.364 e. The maximum Gasteiger partial charge on any atom is 0.145 e. The molecule has 4 heteroatoms. The second kappa shape index (κ2) is 3.93. The van der Waals surface area contributed by atoms with E-state index in [0.29, 0.717) is 5.69 Å². The van der Waals surface area contributed by atoms with Crippen LogP contribution in [0.25, 0.3) is 0 Å². The topological polar surface area (TPSA) is 61.6 Å². The molecule has 0 unspecified atom stereocenters. The quantitative estimate of drug-likeness (QED) is 0.881. The normalized spacial score (nSPS) is 39.0. The first-order valence-electron chi connectivity index (χ1n) is 7.25. The maximum atomic E-state index is 8.92. The van der Waals surface area contributed by atoms with Crippen molar-refractivity contribution in [3.8, 4) is 6.07 Å². The summed E-state index contributed by atoms with van der Waals surface area (Å²) in [5, 5.41) is 12.6. The van der Waals surface area contributed by atoms with Gasteiger partial charge in [0.2, 0.25) is 0 Å². The standard InChI is InChI=1S/C15H18N4/c16-8-13-4-14(18-9-17-13)19-15-5-10-1-11(6-15)3-12(2-10)7-15/h4,9-12H,1-3,5-7H2,(H,17,18,19). The number of rotatable bonds is 2. The van der Waals surface area contributed by atoms with Gasteiger partial charge in [-0.25, -0.2) is 9.97 Å². The maximum absolute atomic E-state index is 8.92. The van der Waals surface area contributed by atoms with Crippen LogP contribution in [-0.2, 0) is 0 Å². The molecule has 0 atom stereocenters. The molecule has 4 nitrogen and oxygen atoms in total. The third-order valence-electron chi connectivity index (χ3n) is 5.21. The largest absolute Gasteiger partial charge is 0.364 e. The van der Waals surface area contributed by atoms with Crippen LogP contribution < -0.4 is 5.32 Å². The fraction of sp³-hybridized carbons (Fsp3) is 0.667.